The Morgan fingerprint density at radius 2 is 2.00 bits per heavy atom. The number of ether oxygens (including phenoxy) is 1. The summed E-state index contributed by atoms with van der Waals surface area (Å²) in [5.74, 6) is 0.402. The van der Waals surface area contributed by atoms with Crippen molar-refractivity contribution in [2.24, 2.45) is 0 Å². The molecule has 20 heavy (non-hydrogen) atoms. The molecule has 1 amide bonds. The van der Waals surface area contributed by atoms with Gasteiger partial charge in [0.15, 0.2) is 0 Å². The molecule has 0 aliphatic rings. The van der Waals surface area contributed by atoms with Crippen LogP contribution in [-0.2, 0) is 6.42 Å². The number of amides is 1. The summed E-state index contributed by atoms with van der Waals surface area (Å²) in [6, 6.07) is 13.0. The van der Waals surface area contributed by atoms with Crippen LogP contribution in [0.1, 0.15) is 22.8 Å². The molecular formula is C16H16BrNO2. The molecule has 0 saturated heterocycles. The molecule has 0 heterocycles. The smallest absolute Gasteiger partial charge is 0.259 e. The average Bonchev–Trinajstić information content (AvgIpc) is 2.48. The quantitative estimate of drug-likeness (QED) is 0.907. The molecule has 1 N–H and O–H groups in total. The van der Waals surface area contributed by atoms with Crippen LogP contribution in [0.15, 0.2) is 46.9 Å². The lowest BCUT2D eigenvalue weighted by Crippen LogP contribution is -2.14. The zero-order valence-corrected chi connectivity index (χ0v) is 13.0. The molecule has 0 atom stereocenters. The van der Waals surface area contributed by atoms with E-state index in [1.54, 1.807) is 19.2 Å². The maximum Gasteiger partial charge on any atom is 0.259 e. The highest BCUT2D eigenvalue weighted by Crippen LogP contribution is 2.24. The van der Waals surface area contributed by atoms with Gasteiger partial charge in [0.05, 0.1) is 12.7 Å². The van der Waals surface area contributed by atoms with E-state index < -0.39 is 0 Å². The maximum atomic E-state index is 12.3. The first-order chi connectivity index (χ1) is 9.65. The number of hydrogen-bond acceptors (Lipinski definition) is 2. The molecule has 2 rings (SSSR count). The van der Waals surface area contributed by atoms with E-state index in [1.807, 2.05) is 30.3 Å². The van der Waals surface area contributed by atoms with E-state index in [0.29, 0.717) is 11.3 Å². The SMILES string of the molecule is CCc1cc(Br)ccc1NC(=O)c1ccccc1OC. The Kier molecular flexibility index (Phi) is 4.79. The highest BCUT2D eigenvalue weighted by atomic mass is 79.9. The monoisotopic (exact) mass is 333 g/mol. The maximum absolute atomic E-state index is 12.3. The number of aryl methyl sites for hydroxylation is 1. The van der Waals surface area contributed by atoms with Crippen LogP contribution >= 0.6 is 15.9 Å². The largest absolute Gasteiger partial charge is 0.496 e. The molecule has 0 aliphatic heterocycles. The average molecular weight is 334 g/mol. The van der Waals surface area contributed by atoms with Gasteiger partial charge in [-0.2, -0.15) is 0 Å². The van der Waals surface area contributed by atoms with Crippen LogP contribution in [0.4, 0.5) is 5.69 Å². The summed E-state index contributed by atoms with van der Waals surface area (Å²) in [5.41, 5.74) is 2.44. The van der Waals surface area contributed by atoms with Crippen LogP contribution in [0.5, 0.6) is 5.75 Å². The predicted molar refractivity (Wildman–Crippen MR) is 84.5 cm³/mol. The first-order valence-electron chi connectivity index (χ1n) is 6.38. The summed E-state index contributed by atoms with van der Waals surface area (Å²) in [5, 5.41) is 2.94. The van der Waals surface area contributed by atoms with Crippen molar-refractivity contribution in [1.82, 2.24) is 0 Å². The third-order valence-electron chi connectivity index (χ3n) is 3.05. The lowest BCUT2D eigenvalue weighted by molar-refractivity contribution is 0.102. The van der Waals surface area contributed by atoms with Crippen molar-refractivity contribution in [3.63, 3.8) is 0 Å². The Morgan fingerprint density at radius 1 is 1.25 bits per heavy atom. The van der Waals surface area contributed by atoms with E-state index in [-0.39, 0.29) is 5.91 Å². The highest BCUT2D eigenvalue weighted by Gasteiger charge is 2.13. The topological polar surface area (TPSA) is 38.3 Å². The van der Waals surface area contributed by atoms with Gasteiger partial charge in [-0.25, -0.2) is 0 Å². The number of nitrogens with one attached hydrogen (secondary N) is 1. The number of methoxy groups -OCH3 is 1. The van der Waals surface area contributed by atoms with Gasteiger partial charge in [0.2, 0.25) is 0 Å². The fraction of sp³-hybridized carbons (Fsp3) is 0.188. The number of anilines is 1. The fourth-order valence-electron chi connectivity index (χ4n) is 2.00. The Hall–Kier alpha value is -1.81. The Bertz CT molecular complexity index is 626. The number of halogens is 1. The van der Waals surface area contributed by atoms with Gasteiger partial charge in [-0.15, -0.1) is 0 Å². The molecule has 0 radical (unpaired) electrons. The van der Waals surface area contributed by atoms with E-state index in [4.69, 9.17) is 4.74 Å². The number of carbonyl (C=O) groups excluding carboxylic acids is 1. The molecule has 0 aromatic heterocycles. The van der Waals surface area contributed by atoms with Crippen molar-refractivity contribution in [2.75, 3.05) is 12.4 Å². The minimum Gasteiger partial charge on any atom is -0.496 e. The van der Waals surface area contributed by atoms with Gasteiger partial charge < -0.3 is 10.1 Å². The summed E-state index contributed by atoms with van der Waals surface area (Å²) in [6.07, 6.45) is 0.848. The first-order valence-corrected chi connectivity index (χ1v) is 7.17. The second-order valence-electron chi connectivity index (χ2n) is 4.31. The zero-order valence-electron chi connectivity index (χ0n) is 11.4. The van der Waals surface area contributed by atoms with Crippen LogP contribution in [0.25, 0.3) is 0 Å². The van der Waals surface area contributed by atoms with E-state index in [0.717, 1.165) is 22.1 Å². The highest BCUT2D eigenvalue weighted by molar-refractivity contribution is 9.10. The molecule has 2 aromatic rings. The van der Waals surface area contributed by atoms with Crippen molar-refractivity contribution in [3.05, 3.63) is 58.1 Å². The molecule has 0 spiro atoms. The molecular weight excluding hydrogens is 318 g/mol. The van der Waals surface area contributed by atoms with Crippen LogP contribution in [0.2, 0.25) is 0 Å². The summed E-state index contributed by atoms with van der Waals surface area (Å²) >= 11 is 3.44. The summed E-state index contributed by atoms with van der Waals surface area (Å²) in [6.45, 7) is 2.06. The normalized spacial score (nSPS) is 10.2. The van der Waals surface area contributed by atoms with Gasteiger partial charge in [0, 0.05) is 10.2 Å². The van der Waals surface area contributed by atoms with Crippen molar-refractivity contribution >= 4 is 27.5 Å². The lowest BCUT2D eigenvalue weighted by Gasteiger charge is -2.12. The van der Waals surface area contributed by atoms with Crippen molar-refractivity contribution in [2.45, 2.75) is 13.3 Å². The van der Waals surface area contributed by atoms with Crippen molar-refractivity contribution in [1.29, 1.82) is 0 Å². The van der Waals surface area contributed by atoms with Gasteiger partial charge >= 0.3 is 0 Å². The molecule has 0 fully saturated rings. The molecule has 3 nitrogen and oxygen atoms in total. The Balaban J connectivity index is 2.28. The minimum atomic E-state index is -0.167. The molecule has 2 aromatic carbocycles. The standard InChI is InChI=1S/C16H16BrNO2/c1-3-11-10-12(17)8-9-14(11)18-16(19)13-6-4-5-7-15(13)20-2/h4-10H,3H2,1-2H3,(H,18,19). The second kappa shape index (κ2) is 6.57. The Labute approximate surface area is 127 Å². The number of hydrogen-bond donors (Lipinski definition) is 1. The van der Waals surface area contributed by atoms with E-state index in [2.05, 4.69) is 28.2 Å². The van der Waals surface area contributed by atoms with Gasteiger partial charge in [-0.3, -0.25) is 4.79 Å². The van der Waals surface area contributed by atoms with E-state index in [1.165, 1.54) is 0 Å². The fourth-order valence-corrected chi connectivity index (χ4v) is 2.41. The van der Waals surface area contributed by atoms with E-state index in [9.17, 15) is 4.79 Å². The molecule has 0 saturated carbocycles. The number of para-hydroxylation sites is 1. The third kappa shape index (κ3) is 3.20. The summed E-state index contributed by atoms with van der Waals surface area (Å²) < 4.78 is 6.22. The van der Waals surface area contributed by atoms with Gasteiger partial charge in [0.1, 0.15) is 5.75 Å². The van der Waals surface area contributed by atoms with Gasteiger partial charge in [0.25, 0.3) is 5.91 Å². The van der Waals surface area contributed by atoms with E-state index >= 15 is 0 Å². The number of rotatable bonds is 4. The molecule has 0 unspecified atom stereocenters. The van der Waals surface area contributed by atoms with Crippen LogP contribution < -0.4 is 10.1 Å². The second-order valence-corrected chi connectivity index (χ2v) is 5.23. The number of carbonyl (C=O) groups is 1. The molecule has 0 bridgehead atoms. The van der Waals surface area contributed by atoms with Crippen LogP contribution in [0.3, 0.4) is 0 Å². The first kappa shape index (κ1) is 14.6. The zero-order chi connectivity index (χ0) is 14.5. The molecule has 4 heteroatoms. The Morgan fingerprint density at radius 3 is 2.70 bits per heavy atom. The van der Waals surface area contributed by atoms with Crippen LogP contribution in [-0.4, -0.2) is 13.0 Å². The lowest BCUT2D eigenvalue weighted by atomic mass is 10.1. The third-order valence-corrected chi connectivity index (χ3v) is 3.54. The molecule has 0 aliphatic carbocycles. The summed E-state index contributed by atoms with van der Waals surface area (Å²) in [7, 11) is 1.56. The van der Waals surface area contributed by atoms with Gasteiger partial charge in [-0.05, 0) is 42.3 Å². The van der Waals surface area contributed by atoms with Crippen molar-refractivity contribution in [3.8, 4) is 5.75 Å². The molecule has 104 valence electrons. The number of benzene rings is 2. The van der Waals surface area contributed by atoms with Crippen molar-refractivity contribution < 1.29 is 9.53 Å². The summed E-state index contributed by atoms with van der Waals surface area (Å²) in [4.78, 5) is 12.3. The minimum absolute atomic E-state index is 0.167. The van der Waals surface area contributed by atoms with Gasteiger partial charge in [-0.1, -0.05) is 35.0 Å². The van der Waals surface area contributed by atoms with Crippen LogP contribution in [0, 0.1) is 0 Å². The predicted octanol–water partition coefficient (Wildman–Crippen LogP) is 4.27.